The lowest BCUT2D eigenvalue weighted by Gasteiger charge is -2.38. The molecular formula is C20H20F2N2O5S. The van der Waals surface area contributed by atoms with Gasteiger partial charge in [-0.1, -0.05) is 18.2 Å². The lowest BCUT2D eigenvalue weighted by atomic mass is 10.1. The molecule has 0 N–H and O–H groups in total. The fourth-order valence-corrected chi connectivity index (χ4v) is 5.11. The SMILES string of the molecule is CC1Oc2ccccc2OC1C(=O)N1CCN(S(=O)(=O)c2c(F)cccc2F)CC1. The van der Waals surface area contributed by atoms with Crippen LogP contribution in [-0.2, 0) is 14.8 Å². The number of sulfonamides is 1. The van der Waals surface area contributed by atoms with Gasteiger partial charge in [-0.15, -0.1) is 0 Å². The first kappa shape index (κ1) is 20.5. The molecule has 2 aromatic carbocycles. The van der Waals surface area contributed by atoms with Crippen LogP contribution in [0, 0.1) is 11.6 Å². The number of fused-ring (bicyclic) bond motifs is 1. The molecule has 2 unspecified atom stereocenters. The Morgan fingerprint density at radius 3 is 2.10 bits per heavy atom. The summed E-state index contributed by atoms with van der Waals surface area (Å²) in [6, 6.07) is 9.92. The summed E-state index contributed by atoms with van der Waals surface area (Å²) in [6.45, 7) is 1.70. The number of nitrogens with zero attached hydrogens (tertiary/aromatic N) is 2. The van der Waals surface area contributed by atoms with Gasteiger partial charge in [0.2, 0.25) is 16.1 Å². The number of carbonyl (C=O) groups is 1. The maximum Gasteiger partial charge on any atom is 0.267 e. The third kappa shape index (κ3) is 3.61. The van der Waals surface area contributed by atoms with Crippen molar-refractivity contribution in [3.05, 3.63) is 54.1 Å². The molecule has 2 atom stereocenters. The van der Waals surface area contributed by atoms with E-state index in [9.17, 15) is 22.0 Å². The highest BCUT2D eigenvalue weighted by Crippen LogP contribution is 2.34. The molecule has 0 radical (unpaired) electrons. The minimum absolute atomic E-state index is 0.0718. The molecule has 2 aliphatic rings. The first-order chi connectivity index (χ1) is 14.3. The fourth-order valence-electron chi connectivity index (χ4n) is 3.58. The summed E-state index contributed by atoms with van der Waals surface area (Å²) in [5, 5.41) is 0. The molecule has 7 nitrogen and oxygen atoms in total. The van der Waals surface area contributed by atoms with E-state index in [0.29, 0.717) is 11.5 Å². The fraction of sp³-hybridized carbons (Fsp3) is 0.350. The van der Waals surface area contributed by atoms with Gasteiger partial charge < -0.3 is 14.4 Å². The van der Waals surface area contributed by atoms with Crippen molar-refractivity contribution in [1.29, 1.82) is 0 Å². The molecule has 10 heteroatoms. The average molecular weight is 438 g/mol. The third-order valence-electron chi connectivity index (χ3n) is 5.15. The van der Waals surface area contributed by atoms with E-state index in [2.05, 4.69) is 0 Å². The van der Waals surface area contributed by atoms with Crippen molar-refractivity contribution in [3.8, 4) is 11.5 Å². The highest BCUT2D eigenvalue weighted by Gasteiger charge is 2.40. The van der Waals surface area contributed by atoms with E-state index in [1.54, 1.807) is 31.2 Å². The van der Waals surface area contributed by atoms with Gasteiger partial charge in [-0.05, 0) is 31.2 Å². The maximum atomic E-state index is 14.0. The first-order valence-corrected chi connectivity index (χ1v) is 10.9. The zero-order chi connectivity index (χ0) is 21.5. The van der Waals surface area contributed by atoms with Crippen LogP contribution in [-0.4, -0.2) is 61.9 Å². The van der Waals surface area contributed by atoms with Crippen molar-refractivity contribution in [2.75, 3.05) is 26.2 Å². The monoisotopic (exact) mass is 438 g/mol. The number of rotatable bonds is 3. The lowest BCUT2D eigenvalue weighted by molar-refractivity contribution is -0.145. The van der Waals surface area contributed by atoms with Gasteiger partial charge in [-0.25, -0.2) is 17.2 Å². The zero-order valence-electron chi connectivity index (χ0n) is 16.1. The van der Waals surface area contributed by atoms with E-state index in [1.165, 1.54) is 4.90 Å². The van der Waals surface area contributed by atoms with Crippen LogP contribution < -0.4 is 9.47 Å². The van der Waals surface area contributed by atoms with Gasteiger partial charge in [0.05, 0.1) is 0 Å². The number of hydrogen-bond acceptors (Lipinski definition) is 5. The van der Waals surface area contributed by atoms with Crippen LogP contribution in [0.2, 0.25) is 0 Å². The number of piperazine rings is 1. The van der Waals surface area contributed by atoms with Gasteiger partial charge in [-0.2, -0.15) is 4.31 Å². The lowest BCUT2D eigenvalue weighted by Crippen LogP contribution is -2.56. The molecule has 0 spiro atoms. The number of ether oxygens (including phenoxy) is 2. The molecular weight excluding hydrogens is 418 g/mol. The number of carbonyl (C=O) groups excluding carboxylic acids is 1. The van der Waals surface area contributed by atoms with Crippen LogP contribution in [0.5, 0.6) is 11.5 Å². The summed E-state index contributed by atoms with van der Waals surface area (Å²) < 4.78 is 65.9. The van der Waals surface area contributed by atoms with Crippen molar-refractivity contribution in [2.45, 2.75) is 24.0 Å². The number of halogens is 2. The summed E-state index contributed by atoms with van der Waals surface area (Å²) in [7, 11) is -4.36. The summed E-state index contributed by atoms with van der Waals surface area (Å²) in [5.41, 5.74) is 0. The maximum absolute atomic E-state index is 14.0. The molecule has 2 aromatic rings. The summed E-state index contributed by atoms with van der Waals surface area (Å²) in [4.78, 5) is 13.4. The summed E-state index contributed by atoms with van der Waals surface area (Å²) in [6.07, 6.45) is -1.39. The Morgan fingerprint density at radius 2 is 1.50 bits per heavy atom. The Kier molecular flexibility index (Phi) is 5.37. The van der Waals surface area contributed by atoms with E-state index < -0.39 is 38.8 Å². The number of benzene rings is 2. The van der Waals surface area contributed by atoms with Crippen molar-refractivity contribution < 1.29 is 31.5 Å². The molecule has 4 rings (SSSR count). The molecule has 1 amide bonds. The molecule has 2 heterocycles. The quantitative estimate of drug-likeness (QED) is 0.733. The van der Waals surface area contributed by atoms with Crippen LogP contribution in [0.4, 0.5) is 8.78 Å². The molecule has 160 valence electrons. The van der Waals surface area contributed by atoms with Crippen LogP contribution in [0.15, 0.2) is 47.4 Å². The molecule has 0 aromatic heterocycles. The van der Waals surface area contributed by atoms with Crippen molar-refractivity contribution in [3.63, 3.8) is 0 Å². The molecule has 1 fully saturated rings. The van der Waals surface area contributed by atoms with E-state index in [0.717, 1.165) is 22.5 Å². The summed E-state index contributed by atoms with van der Waals surface area (Å²) in [5.74, 6) is -1.60. The standard InChI is InChI=1S/C20H20F2N2O5S/c1-13-18(29-17-8-3-2-7-16(17)28-13)20(25)23-9-11-24(12-10-23)30(26,27)19-14(21)5-4-6-15(19)22/h2-8,13,18H,9-12H2,1H3. The Bertz CT molecular complexity index is 1050. The van der Waals surface area contributed by atoms with Crippen molar-refractivity contribution in [2.24, 2.45) is 0 Å². The molecule has 30 heavy (non-hydrogen) atoms. The van der Waals surface area contributed by atoms with Crippen LogP contribution in [0.25, 0.3) is 0 Å². The van der Waals surface area contributed by atoms with Crippen LogP contribution >= 0.6 is 0 Å². The number of amides is 1. The highest BCUT2D eigenvalue weighted by atomic mass is 32.2. The van der Waals surface area contributed by atoms with Gasteiger partial charge >= 0.3 is 0 Å². The van der Waals surface area contributed by atoms with E-state index in [1.807, 2.05) is 0 Å². The van der Waals surface area contributed by atoms with Gasteiger partial charge in [0.15, 0.2) is 16.4 Å². The molecule has 0 bridgehead atoms. The predicted molar refractivity (Wildman–Crippen MR) is 103 cm³/mol. The molecule has 0 saturated carbocycles. The van der Waals surface area contributed by atoms with Crippen molar-refractivity contribution >= 4 is 15.9 Å². The van der Waals surface area contributed by atoms with Crippen LogP contribution in [0.1, 0.15) is 6.92 Å². The molecule has 1 saturated heterocycles. The Labute approximate surface area is 172 Å². The Balaban J connectivity index is 1.45. The topological polar surface area (TPSA) is 76.2 Å². The van der Waals surface area contributed by atoms with Crippen molar-refractivity contribution in [1.82, 2.24) is 9.21 Å². The highest BCUT2D eigenvalue weighted by molar-refractivity contribution is 7.89. The van der Waals surface area contributed by atoms with E-state index in [4.69, 9.17) is 9.47 Å². The predicted octanol–water partition coefficient (Wildman–Crippen LogP) is 2.03. The second-order valence-electron chi connectivity index (χ2n) is 7.09. The minimum atomic E-state index is -4.36. The van der Waals surface area contributed by atoms with Gasteiger partial charge in [0, 0.05) is 26.2 Å². The number of para-hydroxylation sites is 2. The molecule has 2 aliphatic heterocycles. The zero-order valence-corrected chi connectivity index (χ0v) is 16.9. The largest absolute Gasteiger partial charge is 0.482 e. The molecule has 0 aliphatic carbocycles. The Morgan fingerprint density at radius 1 is 0.933 bits per heavy atom. The second-order valence-corrected chi connectivity index (χ2v) is 8.96. The minimum Gasteiger partial charge on any atom is -0.482 e. The number of hydrogen-bond donors (Lipinski definition) is 0. The second kappa shape index (κ2) is 7.84. The van der Waals surface area contributed by atoms with E-state index in [-0.39, 0.29) is 32.1 Å². The summed E-state index contributed by atoms with van der Waals surface area (Å²) >= 11 is 0. The van der Waals surface area contributed by atoms with Gasteiger partial charge in [0.1, 0.15) is 17.7 Å². The third-order valence-corrected chi connectivity index (χ3v) is 7.10. The van der Waals surface area contributed by atoms with E-state index >= 15 is 0 Å². The smallest absolute Gasteiger partial charge is 0.267 e. The first-order valence-electron chi connectivity index (χ1n) is 9.44. The van der Waals surface area contributed by atoms with Gasteiger partial charge in [-0.3, -0.25) is 4.79 Å². The normalized spacial score (nSPS) is 22.0. The van der Waals surface area contributed by atoms with Gasteiger partial charge in [0.25, 0.3) is 5.91 Å². The van der Waals surface area contributed by atoms with Crippen LogP contribution in [0.3, 0.4) is 0 Å². The average Bonchev–Trinajstić information content (AvgIpc) is 2.72. The Hall–Kier alpha value is -2.72.